The summed E-state index contributed by atoms with van der Waals surface area (Å²) < 4.78 is 0. The molecule has 1 unspecified atom stereocenters. The average molecular weight is 402 g/mol. The molecule has 29 heavy (non-hydrogen) atoms. The van der Waals surface area contributed by atoms with Crippen molar-refractivity contribution in [2.75, 3.05) is 33.2 Å². The molecular formula is C25H43N3O. The molecule has 0 aromatic heterocycles. The lowest BCUT2D eigenvalue weighted by atomic mass is 10.0. The number of likely N-dealkylation sites (N-methyl/N-ethyl adjacent to an activating group) is 1. The summed E-state index contributed by atoms with van der Waals surface area (Å²) in [4.78, 5) is 17.0. The first-order chi connectivity index (χ1) is 14.1. The van der Waals surface area contributed by atoms with E-state index in [-0.39, 0.29) is 11.9 Å². The molecule has 1 atom stereocenters. The third-order valence-corrected chi connectivity index (χ3v) is 5.04. The van der Waals surface area contributed by atoms with Gasteiger partial charge in [-0.3, -0.25) is 9.69 Å². The van der Waals surface area contributed by atoms with Crippen LogP contribution in [-0.2, 0) is 11.2 Å². The topological polar surface area (TPSA) is 49.6 Å². The number of hydrogen-bond donors (Lipinski definition) is 1. The second-order valence-corrected chi connectivity index (χ2v) is 6.73. The number of piperazine rings is 1. The molecule has 0 aliphatic carbocycles. The van der Waals surface area contributed by atoms with Crippen LogP contribution in [0.15, 0.2) is 31.4 Å². The fourth-order valence-corrected chi connectivity index (χ4v) is 3.40. The number of benzene rings is 1. The highest BCUT2D eigenvalue weighted by atomic mass is 16.2. The Morgan fingerprint density at radius 1 is 1.07 bits per heavy atom. The van der Waals surface area contributed by atoms with Crippen LogP contribution in [0, 0.1) is 0 Å². The largest absolute Gasteiger partial charge is 0.340 e. The van der Waals surface area contributed by atoms with Crippen LogP contribution in [0.25, 0.3) is 12.2 Å². The molecule has 0 radical (unpaired) electrons. The van der Waals surface area contributed by atoms with E-state index in [1.807, 2.05) is 51.8 Å². The van der Waals surface area contributed by atoms with Gasteiger partial charge in [0.05, 0.1) is 6.04 Å². The van der Waals surface area contributed by atoms with Gasteiger partial charge in [0.1, 0.15) is 0 Å². The standard InChI is InChI=1S/C21H31N3O.2C2H6/c1-4-18-10-9-17(16-19(18)5-2)11-13-24-15-14-23(3)20(21(24)25)8-6-7-12-22;2*1-2/h4-5,9-10,16,20H,1-2,6-8,11-15,22H2,3H3;2*1-2H3. The Bertz CT molecular complexity index is 612. The molecule has 1 aliphatic rings. The molecule has 1 aromatic carbocycles. The van der Waals surface area contributed by atoms with Gasteiger partial charge in [-0.1, -0.05) is 77.6 Å². The highest BCUT2D eigenvalue weighted by molar-refractivity contribution is 5.82. The summed E-state index contributed by atoms with van der Waals surface area (Å²) in [5, 5.41) is 0. The summed E-state index contributed by atoms with van der Waals surface area (Å²) in [6, 6.07) is 6.33. The molecule has 1 aromatic rings. The maximum absolute atomic E-state index is 12.8. The highest BCUT2D eigenvalue weighted by Gasteiger charge is 2.31. The fourth-order valence-electron chi connectivity index (χ4n) is 3.40. The lowest BCUT2D eigenvalue weighted by Crippen LogP contribution is -2.55. The minimum absolute atomic E-state index is 0.00665. The average Bonchev–Trinajstić information content (AvgIpc) is 2.78. The molecule has 1 heterocycles. The highest BCUT2D eigenvalue weighted by Crippen LogP contribution is 2.18. The Kier molecular flexibility index (Phi) is 14.9. The summed E-state index contributed by atoms with van der Waals surface area (Å²) >= 11 is 0. The molecular weight excluding hydrogens is 358 g/mol. The summed E-state index contributed by atoms with van der Waals surface area (Å²) in [5.74, 6) is 0.262. The Morgan fingerprint density at radius 2 is 1.72 bits per heavy atom. The molecule has 4 nitrogen and oxygen atoms in total. The number of nitrogens with two attached hydrogens (primary N) is 1. The van der Waals surface area contributed by atoms with Gasteiger partial charge >= 0.3 is 0 Å². The van der Waals surface area contributed by atoms with E-state index in [4.69, 9.17) is 5.73 Å². The second-order valence-electron chi connectivity index (χ2n) is 6.73. The third-order valence-electron chi connectivity index (χ3n) is 5.04. The first-order valence-electron chi connectivity index (χ1n) is 11.2. The first kappa shape index (κ1) is 27.1. The molecule has 1 amide bonds. The van der Waals surface area contributed by atoms with Crippen molar-refractivity contribution in [2.45, 2.75) is 59.4 Å². The summed E-state index contributed by atoms with van der Waals surface area (Å²) in [6.45, 7) is 18.9. The van der Waals surface area contributed by atoms with Crippen LogP contribution in [0.1, 0.15) is 63.6 Å². The number of carbonyl (C=O) groups excluding carboxylic acids is 1. The number of unbranched alkanes of at least 4 members (excludes halogenated alkanes) is 1. The third kappa shape index (κ3) is 8.55. The van der Waals surface area contributed by atoms with Crippen LogP contribution in [-0.4, -0.2) is 55.0 Å². The van der Waals surface area contributed by atoms with Crippen molar-refractivity contribution >= 4 is 18.1 Å². The smallest absolute Gasteiger partial charge is 0.239 e. The van der Waals surface area contributed by atoms with Gasteiger partial charge in [-0.2, -0.15) is 0 Å². The maximum atomic E-state index is 12.8. The van der Waals surface area contributed by atoms with Crippen molar-refractivity contribution in [2.24, 2.45) is 5.73 Å². The van der Waals surface area contributed by atoms with Crippen molar-refractivity contribution in [3.63, 3.8) is 0 Å². The Labute approximate surface area is 179 Å². The van der Waals surface area contributed by atoms with Crippen molar-refractivity contribution in [1.82, 2.24) is 9.80 Å². The predicted molar refractivity (Wildman–Crippen MR) is 129 cm³/mol. The molecule has 1 aliphatic heterocycles. The van der Waals surface area contributed by atoms with Crippen LogP contribution in [0.3, 0.4) is 0 Å². The van der Waals surface area contributed by atoms with Crippen molar-refractivity contribution in [3.05, 3.63) is 48.0 Å². The van der Waals surface area contributed by atoms with Gasteiger partial charge in [-0.25, -0.2) is 0 Å². The van der Waals surface area contributed by atoms with E-state index >= 15 is 0 Å². The van der Waals surface area contributed by atoms with Crippen LogP contribution in [0.5, 0.6) is 0 Å². The number of rotatable bonds is 9. The SMILES string of the molecule is C=Cc1ccc(CCN2CCN(C)C(CCCCN)C2=O)cc1C=C.CC.CC. The number of carbonyl (C=O) groups is 1. The van der Waals surface area contributed by atoms with Crippen molar-refractivity contribution in [1.29, 1.82) is 0 Å². The molecule has 0 bridgehead atoms. The van der Waals surface area contributed by atoms with Crippen LogP contribution >= 0.6 is 0 Å². The number of nitrogens with zero attached hydrogens (tertiary/aromatic N) is 2. The second kappa shape index (κ2) is 15.9. The minimum atomic E-state index is 0.00665. The summed E-state index contributed by atoms with van der Waals surface area (Å²) in [6.07, 6.45) is 7.46. The van der Waals surface area contributed by atoms with Crippen molar-refractivity contribution in [3.8, 4) is 0 Å². The van der Waals surface area contributed by atoms with Crippen LogP contribution < -0.4 is 5.73 Å². The lowest BCUT2D eigenvalue weighted by Gasteiger charge is -2.39. The molecule has 0 spiro atoms. The van der Waals surface area contributed by atoms with E-state index in [1.165, 1.54) is 5.56 Å². The van der Waals surface area contributed by atoms with Gasteiger partial charge in [0, 0.05) is 19.6 Å². The normalized spacial score (nSPS) is 16.3. The van der Waals surface area contributed by atoms with Crippen LogP contribution in [0.2, 0.25) is 0 Å². The maximum Gasteiger partial charge on any atom is 0.239 e. The lowest BCUT2D eigenvalue weighted by molar-refractivity contribution is -0.141. The van der Waals surface area contributed by atoms with E-state index in [1.54, 1.807) is 0 Å². The zero-order chi connectivity index (χ0) is 22.2. The van der Waals surface area contributed by atoms with Gasteiger partial charge in [-0.05, 0) is 49.5 Å². The number of amides is 1. The first-order valence-corrected chi connectivity index (χ1v) is 11.2. The van der Waals surface area contributed by atoms with Crippen molar-refractivity contribution < 1.29 is 4.79 Å². The van der Waals surface area contributed by atoms with E-state index in [9.17, 15) is 4.79 Å². The number of hydrogen-bond acceptors (Lipinski definition) is 3. The molecule has 1 fully saturated rings. The Balaban J connectivity index is 0.00000184. The van der Waals surface area contributed by atoms with E-state index in [2.05, 4.69) is 36.3 Å². The van der Waals surface area contributed by atoms with Gasteiger partial charge < -0.3 is 10.6 Å². The fraction of sp³-hybridized carbons (Fsp3) is 0.560. The van der Waals surface area contributed by atoms with Gasteiger partial charge in [0.2, 0.25) is 5.91 Å². The monoisotopic (exact) mass is 401 g/mol. The van der Waals surface area contributed by atoms with Gasteiger partial charge in [0.15, 0.2) is 0 Å². The molecule has 2 N–H and O–H groups in total. The zero-order valence-electron chi connectivity index (χ0n) is 19.4. The minimum Gasteiger partial charge on any atom is -0.340 e. The molecule has 164 valence electrons. The Hall–Kier alpha value is -1.91. The van der Waals surface area contributed by atoms with E-state index < -0.39 is 0 Å². The van der Waals surface area contributed by atoms with E-state index in [0.717, 1.165) is 56.4 Å². The zero-order valence-corrected chi connectivity index (χ0v) is 19.4. The summed E-state index contributed by atoms with van der Waals surface area (Å²) in [7, 11) is 2.05. The molecule has 1 saturated heterocycles. The molecule has 2 rings (SSSR count). The van der Waals surface area contributed by atoms with Gasteiger partial charge in [-0.15, -0.1) is 0 Å². The molecule has 0 saturated carbocycles. The van der Waals surface area contributed by atoms with E-state index in [0.29, 0.717) is 6.54 Å². The quantitative estimate of drug-likeness (QED) is 0.602. The summed E-state index contributed by atoms with van der Waals surface area (Å²) in [5.41, 5.74) is 8.99. The Morgan fingerprint density at radius 3 is 2.31 bits per heavy atom. The van der Waals surface area contributed by atoms with Gasteiger partial charge in [0.25, 0.3) is 0 Å². The predicted octanol–water partition coefficient (Wildman–Crippen LogP) is 4.84. The van der Waals surface area contributed by atoms with Crippen LogP contribution in [0.4, 0.5) is 0 Å². The molecule has 4 heteroatoms.